The van der Waals surface area contributed by atoms with Crippen LogP contribution < -0.4 is 5.32 Å². The summed E-state index contributed by atoms with van der Waals surface area (Å²) in [6.45, 7) is 0. The number of para-hydroxylation sites is 1. The van der Waals surface area contributed by atoms with Gasteiger partial charge in [-0.15, -0.1) is 0 Å². The second kappa shape index (κ2) is 5.44. The minimum atomic E-state index is -2.98. The van der Waals surface area contributed by atoms with Crippen LogP contribution in [0.2, 0.25) is 0 Å². The maximum atomic E-state index is 12.1. The largest absolute Gasteiger partial charge is 0.352 e. The number of sulfone groups is 1. The number of amides is 1. The molecule has 0 bridgehead atoms. The van der Waals surface area contributed by atoms with E-state index >= 15 is 0 Å². The molecule has 1 atom stereocenters. The van der Waals surface area contributed by atoms with Gasteiger partial charge >= 0.3 is 0 Å². The van der Waals surface area contributed by atoms with Crippen LogP contribution in [0.15, 0.2) is 36.5 Å². The van der Waals surface area contributed by atoms with Crippen molar-refractivity contribution >= 4 is 26.6 Å². The van der Waals surface area contributed by atoms with Crippen molar-refractivity contribution in [3.8, 4) is 0 Å². The van der Waals surface area contributed by atoms with Gasteiger partial charge in [0.15, 0.2) is 9.84 Å². The zero-order chi connectivity index (χ0) is 14.9. The quantitative estimate of drug-likeness (QED) is 0.920. The van der Waals surface area contributed by atoms with E-state index in [2.05, 4.69) is 10.3 Å². The SMILES string of the molecule is O=C(Cc1cccc2cccnc12)N[C@@H]1CCS(=O)(=O)C1. The Morgan fingerprint density at radius 1 is 1.29 bits per heavy atom. The molecule has 1 N–H and O–H groups in total. The van der Waals surface area contributed by atoms with Crippen LogP contribution in [-0.2, 0) is 21.1 Å². The molecule has 0 spiro atoms. The molecular weight excluding hydrogens is 288 g/mol. The summed E-state index contributed by atoms with van der Waals surface area (Å²) in [4.78, 5) is 16.4. The number of fused-ring (bicyclic) bond motifs is 1. The van der Waals surface area contributed by atoms with Gasteiger partial charge in [0.1, 0.15) is 0 Å². The van der Waals surface area contributed by atoms with Crippen LogP contribution in [0.1, 0.15) is 12.0 Å². The van der Waals surface area contributed by atoms with Gasteiger partial charge in [-0.3, -0.25) is 9.78 Å². The van der Waals surface area contributed by atoms with Crippen LogP contribution in [0.3, 0.4) is 0 Å². The molecule has 6 heteroatoms. The van der Waals surface area contributed by atoms with E-state index in [4.69, 9.17) is 0 Å². The number of nitrogens with zero attached hydrogens (tertiary/aromatic N) is 1. The maximum Gasteiger partial charge on any atom is 0.224 e. The van der Waals surface area contributed by atoms with E-state index < -0.39 is 9.84 Å². The number of carbonyl (C=O) groups is 1. The van der Waals surface area contributed by atoms with Crippen LogP contribution in [0, 0.1) is 0 Å². The second-order valence-electron chi connectivity index (χ2n) is 5.34. The molecule has 2 aromatic rings. The summed E-state index contributed by atoms with van der Waals surface area (Å²) in [5, 5.41) is 3.79. The molecule has 1 amide bonds. The number of hydrogen-bond acceptors (Lipinski definition) is 4. The smallest absolute Gasteiger partial charge is 0.224 e. The first kappa shape index (κ1) is 14.0. The van der Waals surface area contributed by atoms with Crippen LogP contribution >= 0.6 is 0 Å². The molecule has 21 heavy (non-hydrogen) atoms. The van der Waals surface area contributed by atoms with E-state index in [1.165, 1.54) is 0 Å². The summed E-state index contributed by atoms with van der Waals surface area (Å²) in [5.74, 6) is 0.0515. The van der Waals surface area contributed by atoms with Gasteiger partial charge in [-0.05, 0) is 18.1 Å². The number of nitrogens with one attached hydrogen (secondary N) is 1. The molecule has 110 valence electrons. The first-order valence-corrected chi connectivity index (χ1v) is 8.68. The highest BCUT2D eigenvalue weighted by Crippen LogP contribution is 2.17. The average Bonchev–Trinajstić information content (AvgIpc) is 2.78. The van der Waals surface area contributed by atoms with E-state index in [1.54, 1.807) is 6.20 Å². The fourth-order valence-electron chi connectivity index (χ4n) is 2.67. The van der Waals surface area contributed by atoms with Gasteiger partial charge in [0.25, 0.3) is 0 Å². The van der Waals surface area contributed by atoms with Crippen molar-refractivity contribution in [3.05, 3.63) is 42.1 Å². The number of pyridine rings is 1. The number of hydrogen-bond donors (Lipinski definition) is 1. The molecule has 1 saturated heterocycles. The highest BCUT2D eigenvalue weighted by Gasteiger charge is 2.28. The predicted molar refractivity (Wildman–Crippen MR) is 80.6 cm³/mol. The molecule has 0 aliphatic carbocycles. The Morgan fingerprint density at radius 2 is 2.10 bits per heavy atom. The monoisotopic (exact) mass is 304 g/mol. The van der Waals surface area contributed by atoms with E-state index in [0.717, 1.165) is 16.5 Å². The Bertz CT molecular complexity index is 781. The summed E-state index contributed by atoms with van der Waals surface area (Å²) in [5.41, 5.74) is 1.67. The van der Waals surface area contributed by atoms with Gasteiger partial charge in [-0.25, -0.2) is 8.42 Å². The third kappa shape index (κ3) is 3.21. The molecule has 2 heterocycles. The van der Waals surface area contributed by atoms with Gasteiger partial charge in [-0.1, -0.05) is 24.3 Å². The minimum Gasteiger partial charge on any atom is -0.352 e. The summed E-state index contributed by atoms with van der Waals surface area (Å²) < 4.78 is 22.8. The lowest BCUT2D eigenvalue weighted by molar-refractivity contribution is -0.120. The maximum absolute atomic E-state index is 12.1. The average molecular weight is 304 g/mol. The number of benzene rings is 1. The Hall–Kier alpha value is -1.95. The lowest BCUT2D eigenvalue weighted by atomic mass is 10.1. The van der Waals surface area contributed by atoms with E-state index in [-0.39, 0.29) is 29.9 Å². The summed E-state index contributed by atoms with van der Waals surface area (Å²) >= 11 is 0. The molecule has 1 aromatic carbocycles. The molecule has 1 aromatic heterocycles. The van der Waals surface area contributed by atoms with Gasteiger partial charge in [0, 0.05) is 17.6 Å². The highest BCUT2D eigenvalue weighted by molar-refractivity contribution is 7.91. The normalized spacial score (nSPS) is 20.5. The van der Waals surface area contributed by atoms with Crippen molar-refractivity contribution in [1.29, 1.82) is 0 Å². The third-order valence-corrected chi connectivity index (χ3v) is 5.43. The van der Waals surface area contributed by atoms with Crippen molar-refractivity contribution in [2.75, 3.05) is 11.5 Å². The standard InChI is InChI=1S/C15H16N2O3S/c18-14(17-13-6-8-21(19,20)10-13)9-12-4-1-3-11-5-2-7-16-15(11)12/h1-5,7,13H,6,8-10H2,(H,17,18)/t13-/m1/s1. The minimum absolute atomic E-state index is 0.0481. The number of rotatable bonds is 3. The predicted octanol–water partition coefficient (Wildman–Crippen LogP) is 1.08. The second-order valence-corrected chi connectivity index (χ2v) is 7.57. The fraction of sp³-hybridized carbons (Fsp3) is 0.333. The topological polar surface area (TPSA) is 76.1 Å². The Kier molecular flexibility index (Phi) is 3.63. The summed E-state index contributed by atoms with van der Waals surface area (Å²) in [6, 6.07) is 9.27. The van der Waals surface area contributed by atoms with Crippen molar-refractivity contribution in [3.63, 3.8) is 0 Å². The van der Waals surface area contributed by atoms with E-state index in [9.17, 15) is 13.2 Å². The molecular formula is C15H16N2O3S. The number of aromatic nitrogens is 1. The van der Waals surface area contributed by atoms with Gasteiger partial charge in [0.2, 0.25) is 5.91 Å². The Balaban J connectivity index is 1.72. The van der Waals surface area contributed by atoms with Crippen LogP contribution in [0.25, 0.3) is 10.9 Å². The lowest BCUT2D eigenvalue weighted by Crippen LogP contribution is -2.36. The van der Waals surface area contributed by atoms with Gasteiger partial charge in [-0.2, -0.15) is 0 Å². The van der Waals surface area contributed by atoms with E-state index in [0.29, 0.717) is 6.42 Å². The first-order chi connectivity index (χ1) is 10.0. The van der Waals surface area contributed by atoms with Crippen LogP contribution in [-0.4, -0.2) is 36.9 Å². The van der Waals surface area contributed by atoms with Crippen molar-refractivity contribution in [1.82, 2.24) is 10.3 Å². The number of carbonyl (C=O) groups excluding carboxylic acids is 1. The molecule has 5 nitrogen and oxygen atoms in total. The van der Waals surface area contributed by atoms with Gasteiger partial charge in [0.05, 0.1) is 23.4 Å². The zero-order valence-corrected chi connectivity index (χ0v) is 12.3. The van der Waals surface area contributed by atoms with Crippen molar-refractivity contribution in [2.24, 2.45) is 0 Å². The molecule has 1 aliphatic heterocycles. The van der Waals surface area contributed by atoms with Gasteiger partial charge < -0.3 is 5.32 Å². The molecule has 1 fully saturated rings. The van der Waals surface area contributed by atoms with Crippen LogP contribution in [0.5, 0.6) is 0 Å². The summed E-state index contributed by atoms with van der Waals surface area (Å²) in [6.07, 6.45) is 2.42. The molecule has 0 saturated carbocycles. The zero-order valence-electron chi connectivity index (χ0n) is 11.5. The van der Waals surface area contributed by atoms with Crippen LogP contribution in [0.4, 0.5) is 0 Å². The first-order valence-electron chi connectivity index (χ1n) is 6.86. The molecule has 0 radical (unpaired) electrons. The Morgan fingerprint density at radius 3 is 2.86 bits per heavy atom. The highest BCUT2D eigenvalue weighted by atomic mass is 32.2. The summed E-state index contributed by atoms with van der Waals surface area (Å²) in [7, 11) is -2.98. The molecule has 0 unspecified atom stereocenters. The molecule has 1 aliphatic rings. The van der Waals surface area contributed by atoms with Crippen molar-refractivity contribution in [2.45, 2.75) is 18.9 Å². The Labute approximate surface area is 123 Å². The van der Waals surface area contributed by atoms with Crippen molar-refractivity contribution < 1.29 is 13.2 Å². The third-order valence-electron chi connectivity index (χ3n) is 3.66. The van der Waals surface area contributed by atoms with E-state index in [1.807, 2.05) is 30.3 Å². The fourth-order valence-corrected chi connectivity index (χ4v) is 4.34. The lowest BCUT2D eigenvalue weighted by Gasteiger charge is -2.11. The molecule has 3 rings (SSSR count).